The molecule has 0 aliphatic heterocycles. The molecule has 0 fully saturated rings. The molecular weight excluding hydrogens is 214 g/mol. The van der Waals surface area contributed by atoms with Crippen molar-refractivity contribution in [3.63, 3.8) is 0 Å². The smallest absolute Gasteiger partial charge is 0.202 e. The minimum absolute atomic E-state index is 0.527. The second-order valence-corrected chi connectivity index (χ2v) is 4.80. The van der Waals surface area contributed by atoms with Gasteiger partial charge in [0.1, 0.15) is 6.33 Å². The lowest BCUT2D eigenvalue weighted by Gasteiger charge is -2.08. The normalized spacial score (nSPS) is 12.6. The van der Waals surface area contributed by atoms with Crippen LogP contribution in [0.25, 0.3) is 0 Å². The SMILES string of the molecule is CC(CNc1ncns1)c1cccs1. The maximum absolute atomic E-state index is 4.07. The highest BCUT2D eigenvalue weighted by Gasteiger charge is 2.06. The largest absolute Gasteiger partial charge is 0.360 e. The highest BCUT2D eigenvalue weighted by atomic mass is 32.1. The minimum atomic E-state index is 0.527. The van der Waals surface area contributed by atoms with Crippen LogP contribution < -0.4 is 5.32 Å². The van der Waals surface area contributed by atoms with E-state index < -0.39 is 0 Å². The summed E-state index contributed by atoms with van der Waals surface area (Å²) in [5.41, 5.74) is 0. The Hall–Kier alpha value is -0.940. The van der Waals surface area contributed by atoms with Crippen molar-refractivity contribution >= 4 is 28.0 Å². The summed E-state index contributed by atoms with van der Waals surface area (Å²) in [6, 6.07) is 4.25. The summed E-state index contributed by atoms with van der Waals surface area (Å²) in [4.78, 5) is 5.47. The van der Waals surface area contributed by atoms with E-state index in [0.717, 1.165) is 11.7 Å². The zero-order valence-electron chi connectivity index (χ0n) is 7.80. The summed E-state index contributed by atoms with van der Waals surface area (Å²) in [5, 5.41) is 6.27. The molecule has 0 bridgehead atoms. The van der Waals surface area contributed by atoms with Gasteiger partial charge in [0, 0.05) is 28.9 Å². The standard InChI is InChI=1S/C9H11N3S2/c1-7(8-3-2-4-13-8)5-10-9-11-6-12-14-9/h2-4,6-7H,5H2,1H3,(H,10,11,12). The van der Waals surface area contributed by atoms with Crippen molar-refractivity contribution in [1.29, 1.82) is 0 Å². The van der Waals surface area contributed by atoms with Crippen LogP contribution in [0.15, 0.2) is 23.8 Å². The van der Waals surface area contributed by atoms with Crippen molar-refractivity contribution in [3.05, 3.63) is 28.7 Å². The van der Waals surface area contributed by atoms with Crippen molar-refractivity contribution in [2.75, 3.05) is 11.9 Å². The second-order valence-electron chi connectivity index (χ2n) is 3.04. The van der Waals surface area contributed by atoms with Crippen LogP contribution in [0.4, 0.5) is 5.13 Å². The van der Waals surface area contributed by atoms with Crippen LogP contribution in [0.3, 0.4) is 0 Å². The van der Waals surface area contributed by atoms with Gasteiger partial charge >= 0.3 is 0 Å². The Labute approximate surface area is 91.0 Å². The van der Waals surface area contributed by atoms with E-state index in [9.17, 15) is 0 Å². The molecule has 0 radical (unpaired) electrons. The van der Waals surface area contributed by atoms with Crippen molar-refractivity contribution < 1.29 is 0 Å². The Kier molecular flexibility index (Phi) is 3.10. The van der Waals surface area contributed by atoms with E-state index in [1.165, 1.54) is 16.4 Å². The van der Waals surface area contributed by atoms with E-state index in [4.69, 9.17) is 0 Å². The number of nitrogens with zero attached hydrogens (tertiary/aromatic N) is 2. The fraction of sp³-hybridized carbons (Fsp3) is 0.333. The molecule has 1 atom stereocenters. The lowest BCUT2D eigenvalue weighted by Crippen LogP contribution is -2.08. The van der Waals surface area contributed by atoms with Gasteiger partial charge in [-0.25, -0.2) is 4.98 Å². The number of thiophene rings is 1. The molecule has 0 spiro atoms. The molecule has 3 nitrogen and oxygen atoms in total. The molecule has 2 rings (SSSR count). The number of aromatic nitrogens is 2. The quantitative estimate of drug-likeness (QED) is 0.869. The van der Waals surface area contributed by atoms with E-state index in [-0.39, 0.29) is 0 Å². The fourth-order valence-corrected chi connectivity index (χ4v) is 2.39. The topological polar surface area (TPSA) is 37.8 Å². The van der Waals surface area contributed by atoms with Gasteiger partial charge in [-0.05, 0) is 11.4 Å². The summed E-state index contributed by atoms with van der Waals surface area (Å²) in [6.07, 6.45) is 1.57. The first kappa shape index (κ1) is 9.61. The molecule has 5 heteroatoms. The number of anilines is 1. The zero-order valence-corrected chi connectivity index (χ0v) is 9.44. The Bertz CT molecular complexity index is 355. The first-order valence-corrected chi connectivity index (χ1v) is 6.05. The van der Waals surface area contributed by atoms with Crippen LogP contribution in [0.2, 0.25) is 0 Å². The summed E-state index contributed by atoms with van der Waals surface area (Å²) in [6.45, 7) is 3.12. The van der Waals surface area contributed by atoms with Crippen molar-refractivity contribution in [3.8, 4) is 0 Å². The Balaban J connectivity index is 1.87. The van der Waals surface area contributed by atoms with Crippen molar-refractivity contribution in [2.24, 2.45) is 0 Å². The summed E-state index contributed by atoms with van der Waals surface area (Å²) >= 11 is 3.19. The first-order chi connectivity index (χ1) is 6.86. The predicted molar refractivity (Wildman–Crippen MR) is 61.1 cm³/mol. The molecule has 0 saturated heterocycles. The van der Waals surface area contributed by atoms with Gasteiger partial charge in [0.05, 0.1) is 0 Å². The third-order valence-corrected chi connectivity index (χ3v) is 3.68. The van der Waals surface area contributed by atoms with E-state index in [0.29, 0.717) is 5.92 Å². The highest BCUT2D eigenvalue weighted by Crippen LogP contribution is 2.21. The minimum Gasteiger partial charge on any atom is -0.360 e. The van der Waals surface area contributed by atoms with Crippen LogP contribution in [0.5, 0.6) is 0 Å². The second kappa shape index (κ2) is 4.52. The third kappa shape index (κ3) is 2.30. The third-order valence-electron chi connectivity index (χ3n) is 1.95. The summed E-state index contributed by atoms with van der Waals surface area (Å²) in [7, 11) is 0. The van der Waals surface area contributed by atoms with Gasteiger partial charge in [-0.1, -0.05) is 13.0 Å². The highest BCUT2D eigenvalue weighted by molar-refractivity contribution is 7.10. The monoisotopic (exact) mass is 225 g/mol. The van der Waals surface area contributed by atoms with Gasteiger partial charge in [0.15, 0.2) is 0 Å². The molecular formula is C9H11N3S2. The number of rotatable bonds is 4. The molecule has 1 unspecified atom stereocenters. The van der Waals surface area contributed by atoms with Gasteiger partial charge in [-0.15, -0.1) is 11.3 Å². The van der Waals surface area contributed by atoms with E-state index >= 15 is 0 Å². The average molecular weight is 225 g/mol. The van der Waals surface area contributed by atoms with Crippen LogP contribution >= 0.6 is 22.9 Å². The Morgan fingerprint density at radius 1 is 1.57 bits per heavy atom. The fourth-order valence-electron chi connectivity index (χ4n) is 1.16. The Morgan fingerprint density at radius 2 is 2.50 bits per heavy atom. The molecule has 74 valence electrons. The zero-order chi connectivity index (χ0) is 9.80. The molecule has 14 heavy (non-hydrogen) atoms. The lowest BCUT2D eigenvalue weighted by atomic mass is 10.1. The average Bonchev–Trinajstić information content (AvgIpc) is 2.87. The van der Waals surface area contributed by atoms with Gasteiger partial charge in [0.2, 0.25) is 5.13 Å². The maximum Gasteiger partial charge on any atom is 0.202 e. The van der Waals surface area contributed by atoms with Crippen LogP contribution in [-0.2, 0) is 0 Å². The number of hydrogen-bond acceptors (Lipinski definition) is 5. The first-order valence-electron chi connectivity index (χ1n) is 4.40. The molecule has 0 saturated carbocycles. The molecule has 2 aromatic rings. The van der Waals surface area contributed by atoms with Crippen LogP contribution in [0, 0.1) is 0 Å². The molecule has 0 aromatic carbocycles. The summed E-state index contributed by atoms with van der Waals surface area (Å²) < 4.78 is 3.93. The molecule has 0 aliphatic carbocycles. The molecule has 1 N–H and O–H groups in total. The van der Waals surface area contributed by atoms with E-state index in [1.54, 1.807) is 17.7 Å². The number of hydrogen-bond donors (Lipinski definition) is 1. The van der Waals surface area contributed by atoms with Gasteiger partial charge in [-0.2, -0.15) is 4.37 Å². The van der Waals surface area contributed by atoms with E-state index in [2.05, 4.69) is 39.1 Å². The van der Waals surface area contributed by atoms with Crippen LogP contribution in [-0.4, -0.2) is 15.9 Å². The summed E-state index contributed by atoms with van der Waals surface area (Å²) in [5.74, 6) is 0.527. The lowest BCUT2D eigenvalue weighted by molar-refractivity contribution is 0.821. The molecule has 0 aliphatic rings. The molecule has 2 aromatic heterocycles. The van der Waals surface area contributed by atoms with Gasteiger partial charge in [-0.3, -0.25) is 0 Å². The maximum atomic E-state index is 4.07. The molecule has 0 amide bonds. The van der Waals surface area contributed by atoms with Crippen molar-refractivity contribution in [1.82, 2.24) is 9.36 Å². The van der Waals surface area contributed by atoms with Gasteiger partial charge < -0.3 is 5.32 Å². The molecule has 2 heterocycles. The number of nitrogens with one attached hydrogen (secondary N) is 1. The Morgan fingerprint density at radius 3 is 3.14 bits per heavy atom. The van der Waals surface area contributed by atoms with Crippen LogP contribution in [0.1, 0.15) is 17.7 Å². The predicted octanol–water partition coefficient (Wildman–Crippen LogP) is 2.82. The van der Waals surface area contributed by atoms with Crippen molar-refractivity contribution in [2.45, 2.75) is 12.8 Å². The van der Waals surface area contributed by atoms with E-state index in [1.807, 2.05) is 0 Å². The van der Waals surface area contributed by atoms with Gasteiger partial charge in [0.25, 0.3) is 0 Å².